The molecule has 3 aromatic heterocycles. The third kappa shape index (κ3) is 3.67. The molecule has 5 aromatic rings. The fourth-order valence-corrected chi connectivity index (χ4v) is 3.81. The number of hydrogen-bond donors (Lipinski definition) is 0. The van der Waals surface area contributed by atoms with Crippen molar-refractivity contribution in [2.45, 2.75) is 0 Å². The van der Waals surface area contributed by atoms with Crippen LogP contribution in [-0.2, 0) is 0 Å². The third-order valence-electron chi connectivity index (χ3n) is 4.87. The van der Waals surface area contributed by atoms with Gasteiger partial charge >= 0.3 is 0 Å². The smallest absolute Gasteiger partial charge is 0.0710 e. The number of hydrogen-bond acceptors (Lipinski definition) is 3. The summed E-state index contributed by atoms with van der Waals surface area (Å²) in [6.45, 7) is 0. The lowest BCUT2D eigenvalue weighted by Gasteiger charge is -2.11. The Balaban J connectivity index is 1.70. The van der Waals surface area contributed by atoms with E-state index in [9.17, 15) is 0 Å². The van der Waals surface area contributed by atoms with Crippen molar-refractivity contribution in [2.75, 3.05) is 0 Å². The Bertz CT molecular complexity index is 1240. The zero-order valence-electron chi connectivity index (χ0n) is 15.5. The number of fused-ring (bicyclic) bond motifs is 1. The quantitative estimate of drug-likeness (QED) is 0.311. The van der Waals surface area contributed by atoms with Crippen LogP contribution in [0, 0.1) is 0 Å². The number of halogens is 1. The Morgan fingerprint density at radius 3 is 1.86 bits per heavy atom. The number of nitrogens with zero attached hydrogens (tertiary/aromatic N) is 3. The molecule has 138 valence electrons. The van der Waals surface area contributed by atoms with Crippen LogP contribution >= 0.6 is 15.9 Å². The van der Waals surface area contributed by atoms with Gasteiger partial charge in [0.1, 0.15) is 0 Å². The van der Waals surface area contributed by atoms with Gasteiger partial charge in [-0.3, -0.25) is 9.97 Å². The molecule has 0 aliphatic rings. The van der Waals surface area contributed by atoms with E-state index in [1.165, 1.54) is 0 Å². The molecule has 5 rings (SSSR count). The molecule has 0 radical (unpaired) electrons. The van der Waals surface area contributed by atoms with Crippen LogP contribution in [0.2, 0.25) is 0 Å². The summed E-state index contributed by atoms with van der Waals surface area (Å²) >= 11 is 3.53. The van der Waals surface area contributed by atoms with Gasteiger partial charge in [-0.2, -0.15) is 0 Å². The lowest BCUT2D eigenvalue weighted by molar-refractivity contribution is 1.32. The molecule has 0 spiro atoms. The maximum absolute atomic E-state index is 4.90. The molecule has 0 bridgehead atoms. The van der Waals surface area contributed by atoms with Gasteiger partial charge in [0.2, 0.25) is 0 Å². The summed E-state index contributed by atoms with van der Waals surface area (Å²) in [6, 6.07) is 24.9. The molecule has 0 atom stereocenters. The first kappa shape index (κ1) is 17.7. The third-order valence-corrected chi connectivity index (χ3v) is 5.36. The lowest BCUT2D eigenvalue weighted by atomic mass is 9.96. The molecular formula is C25H16BrN3. The van der Waals surface area contributed by atoms with E-state index in [4.69, 9.17) is 4.98 Å². The second kappa shape index (κ2) is 7.57. The van der Waals surface area contributed by atoms with Crippen molar-refractivity contribution in [1.82, 2.24) is 15.0 Å². The van der Waals surface area contributed by atoms with E-state index in [0.29, 0.717) is 0 Å². The molecule has 0 saturated heterocycles. The predicted octanol–water partition coefficient (Wildman–Crippen LogP) is 6.79. The molecule has 0 aliphatic heterocycles. The molecule has 0 N–H and O–H groups in total. The van der Waals surface area contributed by atoms with Gasteiger partial charge in [0.25, 0.3) is 0 Å². The average molecular weight is 438 g/mol. The van der Waals surface area contributed by atoms with Crippen molar-refractivity contribution in [3.63, 3.8) is 0 Å². The number of pyridine rings is 3. The van der Waals surface area contributed by atoms with E-state index in [2.05, 4.69) is 74.4 Å². The van der Waals surface area contributed by atoms with Gasteiger partial charge in [-0.25, -0.2) is 4.98 Å². The second-order valence-electron chi connectivity index (χ2n) is 6.82. The van der Waals surface area contributed by atoms with Gasteiger partial charge in [-0.1, -0.05) is 34.1 Å². The van der Waals surface area contributed by atoms with Gasteiger partial charge in [0, 0.05) is 51.3 Å². The fraction of sp³-hybridized carbons (Fsp3) is 0. The normalized spacial score (nSPS) is 10.9. The Kier molecular flexibility index (Phi) is 4.62. The second-order valence-corrected chi connectivity index (χ2v) is 7.73. The monoisotopic (exact) mass is 437 g/mol. The highest BCUT2D eigenvalue weighted by molar-refractivity contribution is 9.10. The van der Waals surface area contributed by atoms with E-state index in [1.807, 2.05) is 36.7 Å². The van der Waals surface area contributed by atoms with Crippen molar-refractivity contribution in [2.24, 2.45) is 0 Å². The highest BCUT2D eigenvalue weighted by Gasteiger charge is 2.09. The SMILES string of the molecule is Brc1ccc2nc(-c3cc(-c4cccnc4)cc(-c4cccnc4)c3)ccc2c1. The summed E-state index contributed by atoms with van der Waals surface area (Å²) in [4.78, 5) is 13.5. The standard InChI is InChI=1S/C25H16BrN3/c26-23-6-8-24-17(14-23)5-7-25(29-24)22-12-20(18-3-1-9-27-15-18)11-21(13-22)19-4-2-10-28-16-19/h1-16H. The molecule has 0 amide bonds. The Hall–Kier alpha value is -3.37. The minimum absolute atomic E-state index is 0.940. The summed E-state index contributed by atoms with van der Waals surface area (Å²) < 4.78 is 1.05. The summed E-state index contributed by atoms with van der Waals surface area (Å²) in [5.74, 6) is 0. The Morgan fingerprint density at radius 1 is 0.586 bits per heavy atom. The highest BCUT2D eigenvalue weighted by atomic mass is 79.9. The van der Waals surface area contributed by atoms with Crippen LogP contribution in [0.5, 0.6) is 0 Å². The molecule has 0 fully saturated rings. The number of rotatable bonds is 3. The molecule has 0 unspecified atom stereocenters. The van der Waals surface area contributed by atoms with Crippen LogP contribution < -0.4 is 0 Å². The summed E-state index contributed by atoms with van der Waals surface area (Å²) in [5, 5.41) is 1.11. The van der Waals surface area contributed by atoms with Gasteiger partial charge < -0.3 is 0 Å². The van der Waals surface area contributed by atoms with Gasteiger partial charge in [-0.05, 0) is 65.7 Å². The lowest BCUT2D eigenvalue weighted by Crippen LogP contribution is -1.90. The maximum atomic E-state index is 4.90. The van der Waals surface area contributed by atoms with Gasteiger partial charge in [0.05, 0.1) is 11.2 Å². The predicted molar refractivity (Wildman–Crippen MR) is 121 cm³/mol. The minimum atomic E-state index is 0.940. The summed E-state index contributed by atoms with van der Waals surface area (Å²) in [5.41, 5.74) is 7.33. The maximum Gasteiger partial charge on any atom is 0.0710 e. The molecule has 2 aromatic carbocycles. The van der Waals surface area contributed by atoms with E-state index >= 15 is 0 Å². The first-order chi connectivity index (χ1) is 14.3. The van der Waals surface area contributed by atoms with Crippen LogP contribution in [0.1, 0.15) is 0 Å². The molecule has 29 heavy (non-hydrogen) atoms. The highest BCUT2D eigenvalue weighted by Crippen LogP contribution is 2.32. The zero-order valence-corrected chi connectivity index (χ0v) is 17.0. The fourth-order valence-electron chi connectivity index (χ4n) is 3.43. The van der Waals surface area contributed by atoms with Crippen molar-refractivity contribution in [3.8, 4) is 33.5 Å². The van der Waals surface area contributed by atoms with Gasteiger partial charge in [-0.15, -0.1) is 0 Å². The van der Waals surface area contributed by atoms with Crippen LogP contribution in [0.25, 0.3) is 44.4 Å². The van der Waals surface area contributed by atoms with Crippen LogP contribution in [0.15, 0.2) is 102 Å². The van der Waals surface area contributed by atoms with Crippen LogP contribution in [-0.4, -0.2) is 15.0 Å². The molecular weight excluding hydrogens is 422 g/mol. The average Bonchev–Trinajstić information content (AvgIpc) is 2.79. The molecule has 3 nitrogen and oxygen atoms in total. The van der Waals surface area contributed by atoms with Crippen LogP contribution in [0.3, 0.4) is 0 Å². The zero-order chi connectivity index (χ0) is 19.6. The van der Waals surface area contributed by atoms with E-state index < -0.39 is 0 Å². The van der Waals surface area contributed by atoms with E-state index in [-0.39, 0.29) is 0 Å². The number of benzene rings is 2. The van der Waals surface area contributed by atoms with Gasteiger partial charge in [0.15, 0.2) is 0 Å². The topological polar surface area (TPSA) is 38.7 Å². The van der Waals surface area contributed by atoms with Crippen LogP contribution in [0.4, 0.5) is 0 Å². The molecule has 0 aliphatic carbocycles. The van der Waals surface area contributed by atoms with Crippen molar-refractivity contribution in [1.29, 1.82) is 0 Å². The largest absolute Gasteiger partial charge is 0.264 e. The Morgan fingerprint density at radius 2 is 1.24 bits per heavy atom. The summed E-state index contributed by atoms with van der Waals surface area (Å²) in [7, 11) is 0. The number of aromatic nitrogens is 3. The Labute approximate surface area is 177 Å². The van der Waals surface area contributed by atoms with E-state index in [0.717, 1.165) is 48.9 Å². The van der Waals surface area contributed by atoms with E-state index in [1.54, 1.807) is 12.4 Å². The van der Waals surface area contributed by atoms with Crippen molar-refractivity contribution in [3.05, 3.63) is 102 Å². The van der Waals surface area contributed by atoms with Crippen molar-refractivity contribution < 1.29 is 0 Å². The molecule has 0 saturated carbocycles. The minimum Gasteiger partial charge on any atom is -0.264 e. The first-order valence-corrected chi connectivity index (χ1v) is 10.1. The first-order valence-electron chi connectivity index (χ1n) is 9.29. The van der Waals surface area contributed by atoms with Crippen molar-refractivity contribution >= 4 is 26.8 Å². The molecule has 3 heterocycles. The summed E-state index contributed by atoms with van der Waals surface area (Å²) in [6.07, 6.45) is 7.35. The molecule has 4 heteroatoms.